The summed E-state index contributed by atoms with van der Waals surface area (Å²) in [5, 5.41) is 2.88. The fraction of sp³-hybridized carbons (Fsp3) is 0.400. The maximum atomic E-state index is 13.9. The van der Waals surface area contributed by atoms with Crippen LogP contribution in [0.25, 0.3) is 11.3 Å². The SMILES string of the molecule is CC(C)C[C@H](NC(=O)N1CCOCC1)C(=O)N(CCCc1ccccc1)C(=O)c1ncc(-c2ccccc2)o1. The minimum Gasteiger partial charge on any atom is -0.432 e. The van der Waals surface area contributed by atoms with Crippen molar-refractivity contribution in [2.45, 2.75) is 39.2 Å². The molecule has 0 radical (unpaired) electrons. The maximum absolute atomic E-state index is 13.9. The number of nitrogens with zero attached hydrogens (tertiary/aromatic N) is 3. The highest BCUT2D eigenvalue weighted by Gasteiger charge is 2.34. The van der Waals surface area contributed by atoms with Crippen molar-refractivity contribution in [1.29, 1.82) is 0 Å². The second-order valence-corrected chi connectivity index (χ2v) is 10.0. The Morgan fingerprint density at radius 2 is 1.67 bits per heavy atom. The molecular weight excluding hydrogens is 496 g/mol. The number of hydrogen-bond acceptors (Lipinski definition) is 6. The minimum absolute atomic E-state index is 0.108. The molecule has 206 valence electrons. The monoisotopic (exact) mass is 532 g/mol. The van der Waals surface area contributed by atoms with Gasteiger partial charge in [0, 0.05) is 25.2 Å². The zero-order valence-electron chi connectivity index (χ0n) is 22.5. The fourth-order valence-electron chi connectivity index (χ4n) is 4.51. The van der Waals surface area contributed by atoms with Gasteiger partial charge < -0.3 is 19.4 Å². The van der Waals surface area contributed by atoms with Gasteiger partial charge >= 0.3 is 11.9 Å². The van der Waals surface area contributed by atoms with Crippen LogP contribution in [0.5, 0.6) is 0 Å². The standard InChI is InChI=1S/C30H36N4O5/c1-22(2)20-25(32-30(37)33-16-18-38-19-17-33)28(35)34(15-9-12-23-10-5-3-6-11-23)29(36)27-31-21-26(39-27)24-13-7-4-8-14-24/h3-8,10-11,13-14,21-22,25H,9,12,15-20H2,1-2H3,(H,32,37)/t25-/m0/s1. The second kappa shape index (κ2) is 13.7. The normalized spacial score (nSPS) is 14.2. The van der Waals surface area contributed by atoms with Crippen LogP contribution in [0.4, 0.5) is 4.79 Å². The second-order valence-electron chi connectivity index (χ2n) is 10.0. The first kappa shape index (κ1) is 28.0. The van der Waals surface area contributed by atoms with Crippen molar-refractivity contribution in [3.05, 3.63) is 78.3 Å². The Balaban J connectivity index is 1.55. The molecule has 0 unspecified atom stereocenters. The van der Waals surface area contributed by atoms with Crippen LogP contribution in [-0.2, 0) is 16.0 Å². The van der Waals surface area contributed by atoms with E-state index >= 15 is 0 Å². The molecule has 1 saturated heterocycles. The molecule has 0 aliphatic carbocycles. The third-order valence-corrected chi connectivity index (χ3v) is 6.55. The van der Waals surface area contributed by atoms with E-state index in [1.165, 1.54) is 11.1 Å². The zero-order valence-corrected chi connectivity index (χ0v) is 22.5. The number of imide groups is 1. The van der Waals surface area contributed by atoms with Gasteiger partial charge in [0.15, 0.2) is 5.76 Å². The molecule has 3 aromatic rings. The number of aryl methyl sites for hydroxylation is 1. The fourth-order valence-corrected chi connectivity index (χ4v) is 4.51. The van der Waals surface area contributed by atoms with Crippen molar-refractivity contribution in [2.24, 2.45) is 5.92 Å². The summed E-state index contributed by atoms with van der Waals surface area (Å²) in [6, 6.07) is 18.0. The van der Waals surface area contributed by atoms with Gasteiger partial charge in [0.25, 0.3) is 11.8 Å². The van der Waals surface area contributed by atoms with Crippen LogP contribution in [0.2, 0.25) is 0 Å². The summed E-state index contributed by atoms with van der Waals surface area (Å²) in [6.07, 6.45) is 3.12. The van der Waals surface area contributed by atoms with Crippen molar-refractivity contribution in [3.8, 4) is 11.3 Å². The van der Waals surface area contributed by atoms with Gasteiger partial charge in [0.1, 0.15) is 6.04 Å². The Hall–Kier alpha value is -3.98. The number of hydrogen-bond donors (Lipinski definition) is 1. The van der Waals surface area contributed by atoms with Crippen LogP contribution in [0.1, 0.15) is 42.9 Å². The van der Waals surface area contributed by atoms with E-state index in [2.05, 4.69) is 10.3 Å². The van der Waals surface area contributed by atoms with Gasteiger partial charge in [-0.05, 0) is 30.7 Å². The number of nitrogens with one attached hydrogen (secondary N) is 1. The summed E-state index contributed by atoms with van der Waals surface area (Å²) in [5.74, 6) is -0.705. The van der Waals surface area contributed by atoms with Gasteiger partial charge in [0.2, 0.25) is 0 Å². The molecule has 2 aromatic carbocycles. The highest BCUT2D eigenvalue weighted by molar-refractivity contribution is 6.04. The summed E-state index contributed by atoms with van der Waals surface area (Å²) in [7, 11) is 0. The van der Waals surface area contributed by atoms with E-state index in [4.69, 9.17) is 9.15 Å². The van der Waals surface area contributed by atoms with Crippen molar-refractivity contribution in [2.75, 3.05) is 32.8 Å². The molecule has 39 heavy (non-hydrogen) atoms. The minimum atomic E-state index is -0.871. The van der Waals surface area contributed by atoms with Crippen LogP contribution in [-0.4, -0.2) is 71.5 Å². The molecule has 1 atom stereocenters. The van der Waals surface area contributed by atoms with Gasteiger partial charge in [-0.15, -0.1) is 0 Å². The molecule has 1 aliphatic rings. The number of rotatable bonds is 10. The lowest BCUT2D eigenvalue weighted by atomic mass is 10.0. The summed E-state index contributed by atoms with van der Waals surface area (Å²) in [5.41, 5.74) is 1.89. The van der Waals surface area contributed by atoms with Gasteiger partial charge in [-0.2, -0.15) is 0 Å². The van der Waals surface area contributed by atoms with Crippen molar-refractivity contribution in [3.63, 3.8) is 0 Å². The third-order valence-electron chi connectivity index (χ3n) is 6.55. The molecule has 0 spiro atoms. The number of carbonyl (C=O) groups is 3. The van der Waals surface area contributed by atoms with Crippen LogP contribution in [0.15, 0.2) is 71.3 Å². The number of benzene rings is 2. The predicted octanol–water partition coefficient (Wildman–Crippen LogP) is 4.40. The third kappa shape index (κ3) is 7.77. The maximum Gasteiger partial charge on any atom is 0.318 e. The predicted molar refractivity (Wildman–Crippen MR) is 147 cm³/mol. The summed E-state index contributed by atoms with van der Waals surface area (Å²) in [4.78, 5) is 47.6. The van der Waals surface area contributed by atoms with Crippen LogP contribution < -0.4 is 5.32 Å². The Bertz CT molecular complexity index is 1220. The van der Waals surface area contributed by atoms with Crippen LogP contribution >= 0.6 is 0 Å². The van der Waals surface area contributed by atoms with Crippen LogP contribution in [0.3, 0.4) is 0 Å². The Morgan fingerprint density at radius 1 is 1.00 bits per heavy atom. The molecule has 1 aliphatic heterocycles. The van der Waals surface area contributed by atoms with E-state index in [-0.39, 0.29) is 24.4 Å². The molecule has 1 aromatic heterocycles. The largest absolute Gasteiger partial charge is 0.432 e. The first-order valence-corrected chi connectivity index (χ1v) is 13.5. The quantitative estimate of drug-likeness (QED) is 0.415. The van der Waals surface area contributed by atoms with E-state index in [9.17, 15) is 14.4 Å². The lowest BCUT2D eigenvalue weighted by molar-refractivity contribution is -0.131. The topological polar surface area (TPSA) is 105 Å². The molecule has 9 nitrogen and oxygen atoms in total. The molecule has 1 fully saturated rings. The zero-order chi connectivity index (χ0) is 27.6. The average Bonchev–Trinajstić information content (AvgIpc) is 3.46. The number of urea groups is 1. The first-order chi connectivity index (χ1) is 18.9. The summed E-state index contributed by atoms with van der Waals surface area (Å²) in [6.45, 7) is 5.92. The molecule has 4 rings (SSSR count). The van der Waals surface area contributed by atoms with E-state index in [1.54, 1.807) is 4.90 Å². The number of morpholine rings is 1. The van der Waals surface area contributed by atoms with Crippen LogP contribution in [0, 0.1) is 5.92 Å². The number of amides is 4. The molecular formula is C30H36N4O5. The van der Waals surface area contributed by atoms with Gasteiger partial charge in [-0.25, -0.2) is 9.78 Å². The molecule has 0 saturated carbocycles. The van der Waals surface area contributed by atoms with Gasteiger partial charge in [0.05, 0.1) is 19.4 Å². The van der Waals surface area contributed by atoms with E-state index < -0.39 is 17.9 Å². The van der Waals surface area contributed by atoms with Gasteiger partial charge in [-0.3, -0.25) is 14.5 Å². The average molecular weight is 533 g/mol. The number of oxazole rings is 1. The van der Waals surface area contributed by atoms with Crippen molar-refractivity contribution in [1.82, 2.24) is 20.1 Å². The molecule has 1 N–H and O–H groups in total. The lowest BCUT2D eigenvalue weighted by Gasteiger charge is -2.31. The molecule has 2 heterocycles. The highest BCUT2D eigenvalue weighted by atomic mass is 16.5. The van der Waals surface area contributed by atoms with E-state index in [0.29, 0.717) is 51.3 Å². The number of ether oxygens (including phenoxy) is 1. The van der Waals surface area contributed by atoms with E-state index in [0.717, 1.165) is 11.1 Å². The molecule has 9 heteroatoms. The Kier molecular flexibility index (Phi) is 9.85. The van der Waals surface area contributed by atoms with E-state index in [1.807, 2.05) is 74.5 Å². The molecule has 4 amide bonds. The number of carbonyl (C=O) groups excluding carboxylic acids is 3. The Labute approximate surface area is 229 Å². The van der Waals surface area contributed by atoms with Crippen molar-refractivity contribution < 1.29 is 23.5 Å². The molecule has 0 bridgehead atoms. The summed E-state index contributed by atoms with van der Waals surface area (Å²) >= 11 is 0. The summed E-state index contributed by atoms with van der Waals surface area (Å²) < 4.78 is 11.1. The highest BCUT2D eigenvalue weighted by Crippen LogP contribution is 2.21. The van der Waals surface area contributed by atoms with Gasteiger partial charge in [-0.1, -0.05) is 74.5 Å². The number of aromatic nitrogens is 1. The Morgan fingerprint density at radius 3 is 2.33 bits per heavy atom. The first-order valence-electron chi connectivity index (χ1n) is 13.5. The van der Waals surface area contributed by atoms with Crippen molar-refractivity contribution >= 4 is 17.8 Å². The smallest absolute Gasteiger partial charge is 0.318 e. The lowest BCUT2D eigenvalue weighted by Crippen LogP contribution is -2.55.